The van der Waals surface area contributed by atoms with Gasteiger partial charge in [-0.2, -0.15) is 9.45 Å². The van der Waals surface area contributed by atoms with Gasteiger partial charge in [-0.15, -0.1) is 0 Å². The van der Waals surface area contributed by atoms with Crippen molar-refractivity contribution in [1.29, 1.82) is 0 Å². The second-order valence-electron chi connectivity index (χ2n) is 6.62. The summed E-state index contributed by atoms with van der Waals surface area (Å²) < 4.78 is 40.8. The Balaban J connectivity index is 1.75. The Morgan fingerprint density at radius 2 is 2.00 bits per heavy atom. The number of Topliss-reactive ketones (excluding diaryl/α,β-unsaturated/α-hetero) is 1. The van der Waals surface area contributed by atoms with E-state index in [9.17, 15) is 23.2 Å². The van der Waals surface area contributed by atoms with E-state index < -0.39 is 35.6 Å². The molecule has 1 aromatic carbocycles. The molecule has 0 amide bonds. The van der Waals surface area contributed by atoms with Crippen LogP contribution in [0.25, 0.3) is 0 Å². The van der Waals surface area contributed by atoms with Gasteiger partial charge < -0.3 is 10.1 Å². The number of benzene rings is 1. The molecule has 0 spiro atoms. The van der Waals surface area contributed by atoms with Gasteiger partial charge in [0.1, 0.15) is 23.8 Å². The van der Waals surface area contributed by atoms with Crippen LogP contribution in [-0.4, -0.2) is 38.6 Å². The van der Waals surface area contributed by atoms with E-state index >= 15 is 0 Å². The molecule has 3 heterocycles. The molecule has 2 aliphatic rings. The van der Waals surface area contributed by atoms with E-state index in [0.717, 1.165) is 17.2 Å². The lowest BCUT2D eigenvalue weighted by Gasteiger charge is -2.47. The van der Waals surface area contributed by atoms with E-state index in [-0.39, 0.29) is 12.0 Å². The zero-order valence-electron chi connectivity index (χ0n) is 14.6. The van der Waals surface area contributed by atoms with Gasteiger partial charge in [0.2, 0.25) is 11.7 Å². The Hall–Kier alpha value is -2.97. The molecular formula is C20H16F3N3O2. The molecule has 1 aromatic heterocycles. The van der Waals surface area contributed by atoms with Crippen LogP contribution in [0.5, 0.6) is 0 Å². The molecule has 8 heteroatoms. The number of aromatic nitrogens is 1. The van der Waals surface area contributed by atoms with Crippen LogP contribution in [0.1, 0.15) is 17.2 Å². The minimum absolute atomic E-state index is 0.119. The highest BCUT2D eigenvalue weighted by Crippen LogP contribution is 2.37. The average Bonchev–Trinajstić information content (AvgIpc) is 2.68. The molecule has 4 rings (SSSR count). The largest absolute Gasteiger partial charge is 0.347 e. The second-order valence-corrected chi connectivity index (χ2v) is 6.62. The van der Waals surface area contributed by atoms with Gasteiger partial charge >= 0.3 is 0 Å². The molecule has 0 bridgehead atoms. The number of fused-ring (bicyclic) bond motifs is 1. The summed E-state index contributed by atoms with van der Waals surface area (Å²) in [5.41, 5.74) is 0.833. The monoisotopic (exact) mass is 387 g/mol. The lowest BCUT2D eigenvalue weighted by Crippen LogP contribution is -2.57. The highest BCUT2D eigenvalue weighted by atomic mass is 19.1. The average molecular weight is 387 g/mol. The van der Waals surface area contributed by atoms with Crippen molar-refractivity contribution in [3.8, 4) is 0 Å². The first-order valence-corrected chi connectivity index (χ1v) is 8.66. The molecule has 0 aliphatic carbocycles. The third kappa shape index (κ3) is 3.21. The molecule has 0 saturated carbocycles. The first-order valence-electron chi connectivity index (χ1n) is 8.66. The minimum Gasteiger partial charge on any atom is -0.347 e. The van der Waals surface area contributed by atoms with Crippen LogP contribution in [0, 0.1) is 17.6 Å². The van der Waals surface area contributed by atoms with Crippen molar-refractivity contribution in [3.05, 3.63) is 89.2 Å². The molecule has 2 aromatic rings. The van der Waals surface area contributed by atoms with Gasteiger partial charge in [0.05, 0.1) is 5.70 Å². The summed E-state index contributed by atoms with van der Waals surface area (Å²) in [7, 11) is 0. The molecule has 1 N–H and O–H groups in total. The first-order chi connectivity index (χ1) is 13.5. The predicted molar refractivity (Wildman–Crippen MR) is 93.3 cm³/mol. The number of carbonyl (C=O) groups excluding carboxylic acids is 1. The van der Waals surface area contributed by atoms with Crippen molar-refractivity contribution in [2.45, 2.75) is 18.6 Å². The fourth-order valence-electron chi connectivity index (χ4n) is 3.56. The Bertz CT molecular complexity index is 975. The number of halogens is 3. The Labute approximate surface area is 159 Å². The molecule has 0 radical (unpaired) electrons. The quantitative estimate of drug-likeness (QED) is 0.820. The normalized spacial score (nSPS) is 22.2. The maximum Gasteiger partial charge on any atom is 0.212 e. The van der Waals surface area contributed by atoms with Gasteiger partial charge in [0.25, 0.3) is 0 Å². The van der Waals surface area contributed by atoms with Crippen molar-refractivity contribution < 1.29 is 23.2 Å². The summed E-state index contributed by atoms with van der Waals surface area (Å²) in [4.78, 5) is 18.3. The van der Waals surface area contributed by atoms with E-state index in [0.29, 0.717) is 23.9 Å². The minimum atomic E-state index is -1.33. The Morgan fingerprint density at radius 3 is 2.71 bits per heavy atom. The van der Waals surface area contributed by atoms with E-state index in [1.165, 1.54) is 18.3 Å². The molecule has 5 nitrogen and oxygen atoms in total. The molecule has 2 aliphatic heterocycles. The number of hydrogen-bond donors (Lipinski definition) is 1. The number of carbonyl (C=O) groups is 1. The van der Waals surface area contributed by atoms with Crippen molar-refractivity contribution in [3.63, 3.8) is 0 Å². The number of pyridine rings is 1. The predicted octanol–water partition coefficient (Wildman–Crippen LogP) is 3.14. The molecule has 1 fully saturated rings. The molecule has 2 unspecified atom stereocenters. The van der Waals surface area contributed by atoms with Gasteiger partial charge in [-0.3, -0.25) is 4.79 Å². The molecule has 1 saturated heterocycles. The Morgan fingerprint density at radius 1 is 1.18 bits per heavy atom. The van der Waals surface area contributed by atoms with Crippen molar-refractivity contribution in [2.24, 2.45) is 0 Å². The number of hydroxylamine groups is 2. The number of ketones is 1. The third-order valence-electron chi connectivity index (χ3n) is 4.90. The molecular weight excluding hydrogens is 371 g/mol. The Kier molecular flexibility index (Phi) is 4.74. The number of allylic oxidation sites excluding steroid dienone is 2. The number of nitrogens with zero attached hydrogens (tertiary/aromatic N) is 3. The maximum absolute atomic E-state index is 14.4. The van der Waals surface area contributed by atoms with E-state index in [2.05, 4.69) is 4.98 Å². The standard InChI is InChI=1S/C20H16F3N3O2/c21-13-5-6-14(15(22)10-13)19-20(27)16-3-1-2-8-25(16)18(26(19)28)9-12-4-7-17(23)24-11-12/h1-7,10-11,18-19,28H,8-9H2. The van der Waals surface area contributed by atoms with Crippen molar-refractivity contribution in [2.75, 3.05) is 6.54 Å². The zero-order chi connectivity index (χ0) is 19.8. The summed E-state index contributed by atoms with van der Waals surface area (Å²) in [6, 6.07) is 4.28. The highest BCUT2D eigenvalue weighted by molar-refractivity contribution is 6.00. The molecule has 28 heavy (non-hydrogen) atoms. The topological polar surface area (TPSA) is 56.7 Å². The SMILES string of the molecule is O=C1C2=CC=CCN2C(Cc2ccc(F)nc2)N(O)C1c1ccc(F)cc1F. The van der Waals surface area contributed by atoms with Crippen LogP contribution in [0.3, 0.4) is 0 Å². The van der Waals surface area contributed by atoms with Crippen LogP contribution in [0.4, 0.5) is 13.2 Å². The summed E-state index contributed by atoms with van der Waals surface area (Å²) in [6.07, 6.45) is 5.96. The van der Waals surface area contributed by atoms with E-state index in [1.54, 1.807) is 17.1 Å². The van der Waals surface area contributed by atoms with Gasteiger partial charge in [0.15, 0.2) is 0 Å². The van der Waals surface area contributed by atoms with Crippen LogP contribution < -0.4 is 0 Å². The summed E-state index contributed by atoms with van der Waals surface area (Å²) in [6.45, 7) is 0.368. The smallest absolute Gasteiger partial charge is 0.212 e. The highest BCUT2D eigenvalue weighted by Gasteiger charge is 2.45. The van der Waals surface area contributed by atoms with Crippen molar-refractivity contribution >= 4 is 5.78 Å². The van der Waals surface area contributed by atoms with Gasteiger partial charge in [0, 0.05) is 30.8 Å². The van der Waals surface area contributed by atoms with E-state index in [1.807, 2.05) is 6.08 Å². The van der Waals surface area contributed by atoms with Crippen LogP contribution in [0.15, 0.2) is 60.5 Å². The fraction of sp³-hybridized carbons (Fsp3) is 0.200. The summed E-state index contributed by atoms with van der Waals surface area (Å²) in [5, 5.41) is 11.6. The van der Waals surface area contributed by atoms with Gasteiger partial charge in [-0.25, -0.2) is 13.8 Å². The number of rotatable bonds is 3. The first kappa shape index (κ1) is 18.4. The molecule has 2 atom stereocenters. The molecule has 144 valence electrons. The summed E-state index contributed by atoms with van der Waals surface area (Å²) >= 11 is 0. The maximum atomic E-state index is 14.4. The number of hydrogen-bond acceptors (Lipinski definition) is 5. The summed E-state index contributed by atoms with van der Waals surface area (Å²) in [5.74, 6) is -2.81. The van der Waals surface area contributed by atoms with Gasteiger partial charge in [-0.1, -0.05) is 24.3 Å². The van der Waals surface area contributed by atoms with Crippen LogP contribution in [0.2, 0.25) is 0 Å². The van der Waals surface area contributed by atoms with Crippen LogP contribution in [-0.2, 0) is 11.2 Å². The zero-order valence-corrected chi connectivity index (χ0v) is 14.6. The van der Waals surface area contributed by atoms with E-state index in [4.69, 9.17) is 0 Å². The fourth-order valence-corrected chi connectivity index (χ4v) is 3.56. The van der Waals surface area contributed by atoms with Crippen LogP contribution >= 0.6 is 0 Å². The van der Waals surface area contributed by atoms with Crippen molar-refractivity contribution in [1.82, 2.24) is 14.9 Å². The lowest BCUT2D eigenvalue weighted by molar-refractivity contribution is -0.209. The lowest BCUT2D eigenvalue weighted by atomic mass is 9.93. The second kappa shape index (κ2) is 7.21. The van der Waals surface area contributed by atoms with Gasteiger partial charge in [-0.05, 0) is 23.8 Å². The third-order valence-corrected chi connectivity index (χ3v) is 4.90.